The lowest BCUT2D eigenvalue weighted by molar-refractivity contribution is 0.277. The van der Waals surface area contributed by atoms with E-state index in [1.165, 1.54) is 0 Å². The fourth-order valence-corrected chi connectivity index (χ4v) is 7.19. The molecular formula is C18H28Cl12N6O2. The molecule has 1 aromatic rings. The zero-order valence-corrected chi connectivity index (χ0v) is 29.0. The Hall–Kier alpha value is 1.81. The quantitative estimate of drug-likeness (QED) is 0.243. The normalized spacial score (nSPS) is 37.9. The largest absolute Gasteiger partial charge is 0.400 e. The first kappa shape index (κ1) is 41.9. The third-order valence-electron chi connectivity index (χ3n) is 4.34. The van der Waals surface area contributed by atoms with Gasteiger partial charge in [-0.05, 0) is 0 Å². The van der Waals surface area contributed by atoms with Gasteiger partial charge < -0.3 is 27.0 Å². The first-order chi connectivity index (χ1) is 17.5. The Kier molecular flexibility index (Phi) is 23.7. The summed E-state index contributed by atoms with van der Waals surface area (Å²) in [4.78, 5) is 10.5. The monoisotopic (exact) mass is 780 g/mol. The number of nitrogen functional groups attached to an aromatic ring is 3. The molecule has 0 saturated heterocycles. The maximum Gasteiger partial charge on any atom is 0.226 e. The molecule has 0 radical (unpaired) electrons. The minimum atomic E-state index is -0.437. The van der Waals surface area contributed by atoms with Gasteiger partial charge in [0, 0.05) is 21.3 Å². The van der Waals surface area contributed by atoms with Gasteiger partial charge in [0.1, 0.15) is 0 Å². The Morgan fingerprint density at radius 2 is 0.500 bits per heavy atom. The predicted octanol–water partition coefficient (Wildman–Crippen LogP) is 5.78. The molecule has 226 valence electrons. The van der Waals surface area contributed by atoms with Gasteiger partial charge in [0.2, 0.25) is 17.8 Å². The van der Waals surface area contributed by atoms with E-state index in [9.17, 15) is 0 Å². The Morgan fingerprint density at radius 1 is 0.421 bits per heavy atom. The number of methoxy groups -OCH3 is 1. The maximum atomic E-state index is 7.00. The van der Waals surface area contributed by atoms with E-state index >= 15 is 0 Å². The van der Waals surface area contributed by atoms with Crippen LogP contribution in [-0.4, -0.2) is 106 Å². The van der Waals surface area contributed by atoms with Gasteiger partial charge in [0.15, 0.2) is 0 Å². The van der Waals surface area contributed by atoms with Gasteiger partial charge in [0.25, 0.3) is 0 Å². The highest BCUT2D eigenvalue weighted by Crippen LogP contribution is 2.40. The number of aromatic nitrogens is 3. The maximum absolute atomic E-state index is 7.00. The molecule has 2 fully saturated rings. The van der Waals surface area contributed by atoms with Gasteiger partial charge >= 0.3 is 0 Å². The summed E-state index contributed by atoms with van der Waals surface area (Å²) in [5.41, 5.74) is 15.4. The van der Waals surface area contributed by atoms with Crippen LogP contribution in [0.3, 0.4) is 0 Å². The van der Waals surface area contributed by atoms with Crippen LogP contribution in [0.5, 0.6) is 0 Å². The molecule has 2 aliphatic rings. The highest BCUT2D eigenvalue weighted by Gasteiger charge is 2.47. The minimum absolute atomic E-state index is 0.0417. The van der Waals surface area contributed by atoms with Crippen molar-refractivity contribution < 1.29 is 9.84 Å². The van der Waals surface area contributed by atoms with Crippen molar-refractivity contribution in [2.75, 3.05) is 38.5 Å². The van der Waals surface area contributed by atoms with Crippen LogP contribution < -0.4 is 17.2 Å². The summed E-state index contributed by atoms with van der Waals surface area (Å²) in [7, 11) is 4.25. The molecule has 8 nitrogen and oxygen atoms in total. The third kappa shape index (κ3) is 13.4. The smallest absolute Gasteiger partial charge is 0.226 e. The van der Waals surface area contributed by atoms with Gasteiger partial charge in [-0.15, -0.1) is 139 Å². The van der Waals surface area contributed by atoms with Gasteiger partial charge in [0.05, 0.1) is 64.5 Å². The van der Waals surface area contributed by atoms with Gasteiger partial charge in [-0.1, -0.05) is 0 Å². The molecule has 20 heteroatoms. The zero-order valence-electron chi connectivity index (χ0n) is 19.9. The molecular weight excluding hydrogens is 758 g/mol. The van der Waals surface area contributed by atoms with Gasteiger partial charge in [-0.25, -0.2) is 0 Å². The van der Waals surface area contributed by atoms with Crippen LogP contribution in [0.15, 0.2) is 0 Å². The molecule has 3 rings (SSSR count). The molecule has 2 aliphatic carbocycles. The number of aliphatic hydroxyl groups is 1. The number of hydrogen-bond acceptors (Lipinski definition) is 8. The summed E-state index contributed by atoms with van der Waals surface area (Å²) in [5.74, 6) is 0.125. The number of ether oxygens (including phenoxy) is 1. The van der Waals surface area contributed by atoms with E-state index in [2.05, 4.69) is 19.7 Å². The van der Waals surface area contributed by atoms with Crippen LogP contribution in [0.1, 0.15) is 0 Å². The second-order valence-electron chi connectivity index (χ2n) is 7.15. The van der Waals surface area contributed by atoms with E-state index in [-0.39, 0.29) is 17.8 Å². The summed E-state index contributed by atoms with van der Waals surface area (Å²) in [6.07, 6.45) is 0. The standard InChI is InChI=1S/2C6H6Cl6.C3H6N6.C2H6O.CH4O/c2*7-1-2(8)4(10)6(12)5(11)3(1)9;4-1-7-2(5)9-3(6)8-1;1-3-2;1-2/h2*1-6H;(H6,4,5,6,7,8,9);1-2H3;2H,1H3. The van der Waals surface area contributed by atoms with Crippen LogP contribution >= 0.6 is 139 Å². The Balaban J connectivity index is 0. The summed E-state index contributed by atoms with van der Waals surface area (Å²) >= 11 is 70.6. The lowest BCUT2D eigenvalue weighted by Crippen LogP contribution is -2.52. The SMILES string of the molecule is CO.COC.ClC1C(Cl)C(Cl)C(Cl)C(Cl)C1Cl.ClC1C(Cl)C(Cl)C(Cl)C(Cl)C1Cl.Nc1nc(N)nc(N)n1. The topological polar surface area (TPSA) is 146 Å². The molecule has 0 atom stereocenters. The summed E-state index contributed by atoms with van der Waals surface area (Å²) in [6, 6.07) is 0. The predicted molar refractivity (Wildman–Crippen MR) is 170 cm³/mol. The van der Waals surface area contributed by atoms with E-state index in [0.717, 1.165) is 7.11 Å². The van der Waals surface area contributed by atoms with Crippen LogP contribution in [0.25, 0.3) is 0 Å². The molecule has 7 N–H and O–H groups in total. The fraction of sp³-hybridized carbons (Fsp3) is 0.833. The zero-order chi connectivity index (χ0) is 30.5. The van der Waals surface area contributed by atoms with Crippen molar-refractivity contribution in [2.24, 2.45) is 0 Å². The fourth-order valence-electron chi connectivity index (χ4n) is 2.53. The first-order valence-corrected chi connectivity index (χ1v) is 15.3. The number of nitrogens with zero attached hydrogens (tertiary/aromatic N) is 3. The number of halogens is 12. The van der Waals surface area contributed by atoms with Crippen molar-refractivity contribution >= 4 is 157 Å². The highest BCUT2D eigenvalue weighted by atomic mass is 35.5. The van der Waals surface area contributed by atoms with E-state index < -0.39 is 64.5 Å². The molecule has 1 heterocycles. The number of aliphatic hydroxyl groups excluding tert-OH is 1. The van der Waals surface area contributed by atoms with E-state index in [0.29, 0.717) is 0 Å². The number of anilines is 3. The van der Waals surface area contributed by atoms with Gasteiger partial charge in [-0.2, -0.15) is 15.0 Å². The van der Waals surface area contributed by atoms with Crippen LogP contribution in [-0.2, 0) is 4.74 Å². The molecule has 2 saturated carbocycles. The van der Waals surface area contributed by atoms with Crippen molar-refractivity contribution in [2.45, 2.75) is 64.5 Å². The first-order valence-electron chi connectivity index (χ1n) is 10.1. The molecule has 1 aromatic heterocycles. The third-order valence-corrected chi connectivity index (χ3v) is 12.4. The van der Waals surface area contributed by atoms with E-state index in [4.69, 9.17) is 162 Å². The van der Waals surface area contributed by atoms with Crippen molar-refractivity contribution in [3.05, 3.63) is 0 Å². The summed E-state index contributed by atoms with van der Waals surface area (Å²) < 4.78 is 4.25. The van der Waals surface area contributed by atoms with Crippen LogP contribution in [0, 0.1) is 0 Å². The molecule has 0 unspecified atom stereocenters. The summed E-state index contributed by atoms with van der Waals surface area (Å²) in [5, 5.41) is 1.76. The van der Waals surface area contributed by atoms with Crippen molar-refractivity contribution in [3.8, 4) is 0 Å². The summed E-state index contributed by atoms with van der Waals surface area (Å²) in [6.45, 7) is 0. The molecule has 0 aromatic carbocycles. The second kappa shape index (κ2) is 21.5. The number of nitrogens with two attached hydrogens (primary N) is 3. The molecule has 0 aliphatic heterocycles. The molecule has 0 bridgehead atoms. The highest BCUT2D eigenvalue weighted by molar-refractivity contribution is 6.46. The van der Waals surface area contributed by atoms with Crippen LogP contribution in [0.4, 0.5) is 17.8 Å². The number of alkyl halides is 12. The number of hydrogen-bond donors (Lipinski definition) is 4. The molecule has 0 spiro atoms. The average Bonchev–Trinajstić information content (AvgIpc) is 2.88. The molecule has 0 amide bonds. The Bertz CT molecular complexity index is 577. The second-order valence-corrected chi connectivity index (χ2v) is 13.2. The van der Waals surface area contributed by atoms with Crippen LogP contribution in [0.2, 0.25) is 0 Å². The lowest BCUT2D eigenvalue weighted by Gasteiger charge is -2.37. The Labute approximate surface area is 282 Å². The Morgan fingerprint density at radius 3 is 0.579 bits per heavy atom. The number of rotatable bonds is 0. The van der Waals surface area contributed by atoms with Gasteiger partial charge in [-0.3, -0.25) is 0 Å². The molecule has 38 heavy (non-hydrogen) atoms. The van der Waals surface area contributed by atoms with Crippen molar-refractivity contribution in [1.29, 1.82) is 0 Å². The lowest BCUT2D eigenvalue weighted by atomic mass is 9.97. The van der Waals surface area contributed by atoms with E-state index in [1.807, 2.05) is 0 Å². The van der Waals surface area contributed by atoms with Crippen molar-refractivity contribution in [3.63, 3.8) is 0 Å². The van der Waals surface area contributed by atoms with Crippen molar-refractivity contribution in [1.82, 2.24) is 15.0 Å². The average molecular weight is 786 g/mol. The van der Waals surface area contributed by atoms with E-state index in [1.54, 1.807) is 14.2 Å². The minimum Gasteiger partial charge on any atom is -0.400 e.